The molecule has 1 N–H and O–H groups in total. The van der Waals surface area contributed by atoms with Crippen molar-refractivity contribution in [1.29, 1.82) is 0 Å². The quantitative estimate of drug-likeness (QED) is 0.879. The molecule has 7 heteroatoms. The van der Waals surface area contributed by atoms with Crippen LogP contribution in [0.1, 0.15) is 22.2 Å². The van der Waals surface area contributed by atoms with Crippen molar-refractivity contribution in [1.82, 2.24) is 20.2 Å². The molecule has 2 rings (SSSR count). The van der Waals surface area contributed by atoms with Gasteiger partial charge < -0.3 is 15.0 Å². The SMILES string of the molecule is CCOc1ncnc2sc(C(=O)NCCN(C)C)c(C)c12. The number of carbonyl (C=O) groups is 1. The van der Waals surface area contributed by atoms with E-state index in [1.807, 2.05) is 32.8 Å². The number of amides is 1. The van der Waals surface area contributed by atoms with E-state index >= 15 is 0 Å². The molecule has 0 aliphatic carbocycles. The normalized spacial score (nSPS) is 11.1. The second-order valence-electron chi connectivity index (χ2n) is 4.91. The number of carbonyl (C=O) groups excluding carboxylic acids is 1. The number of rotatable bonds is 6. The molecule has 1 amide bonds. The van der Waals surface area contributed by atoms with Crippen LogP contribution >= 0.6 is 11.3 Å². The summed E-state index contributed by atoms with van der Waals surface area (Å²) in [4.78, 5) is 24.1. The molecule has 0 saturated heterocycles. The Bertz CT molecular complexity index is 639. The summed E-state index contributed by atoms with van der Waals surface area (Å²) in [5, 5.41) is 3.76. The second kappa shape index (κ2) is 6.82. The highest BCUT2D eigenvalue weighted by Crippen LogP contribution is 2.34. The molecule has 0 spiro atoms. The van der Waals surface area contributed by atoms with E-state index in [1.165, 1.54) is 17.7 Å². The summed E-state index contributed by atoms with van der Waals surface area (Å²) < 4.78 is 5.52. The number of hydrogen-bond donors (Lipinski definition) is 1. The van der Waals surface area contributed by atoms with E-state index in [4.69, 9.17) is 4.74 Å². The lowest BCUT2D eigenvalue weighted by Gasteiger charge is -2.10. The van der Waals surface area contributed by atoms with Gasteiger partial charge in [-0.25, -0.2) is 9.97 Å². The third-order valence-electron chi connectivity index (χ3n) is 3.02. The Balaban J connectivity index is 2.26. The number of hydrogen-bond acceptors (Lipinski definition) is 6. The number of aromatic nitrogens is 2. The Labute approximate surface area is 128 Å². The van der Waals surface area contributed by atoms with E-state index in [0.29, 0.717) is 23.9 Å². The summed E-state index contributed by atoms with van der Waals surface area (Å²) in [5.41, 5.74) is 0.876. The summed E-state index contributed by atoms with van der Waals surface area (Å²) in [6.07, 6.45) is 1.47. The van der Waals surface area contributed by atoms with Crippen molar-refractivity contribution in [3.05, 3.63) is 16.8 Å². The average molecular weight is 308 g/mol. The van der Waals surface area contributed by atoms with Crippen LogP contribution in [-0.2, 0) is 0 Å². The highest BCUT2D eigenvalue weighted by Gasteiger charge is 2.19. The molecule has 0 bridgehead atoms. The van der Waals surface area contributed by atoms with E-state index in [-0.39, 0.29) is 5.91 Å². The second-order valence-corrected chi connectivity index (χ2v) is 5.91. The molecule has 2 heterocycles. The lowest BCUT2D eigenvalue weighted by Crippen LogP contribution is -2.31. The molecule has 114 valence electrons. The van der Waals surface area contributed by atoms with Crippen molar-refractivity contribution in [2.24, 2.45) is 0 Å². The molecular weight excluding hydrogens is 288 g/mol. The molecule has 2 aromatic heterocycles. The fraction of sp³-hybridized carbons (Fsp3) is 0.500. The Morgan fingerprint density at radius 2 is 2.19 bits per heavy atom. The number of ether oxygens (including phenoxy) is 1. The Morgan fingerprint density at radius 1 is 1.43 bits per heavy atom. The van der Waals surface area contributed by atoms with E-state index in [1.54, 1.807) is 0 Å². The van der Waals surface area contributed by atoms with Gasteiger partial charge in [-0.05, 0) is 33.5 Å². The summed E-state index contributed by atoms with van der Waals surface area (Å²) in [6.45, 7) is 5.77. The molecule has 0 aliphatic rings. The summed E-state index contributed by atoms with van der Waals surface area (Å²) >= 11 is 1.37. The molecule has 21 heavy (non-hydrogen) atoms. The van der Waals surface area contributed by atoms with Crippen LogP contribution in [0.3, 0.4) is 0 Å². The maximum absolute atomic E-state index is 12.3. The van der Waals surface area contributed by atoms with Crippen LogP contribution in [0.15, 0.2) is 6.33 Å². The smallest absolute Gasteiger partial charge is 0.261 e. The van der Waals surface area contributed by atoms with Gasteiger partial charge in [0.1, 0.15) is 11.2 Å². The number of aryl methyl sites for hydroxylation is 1. The molecule has 0 unspecified atom stereocenters. The number of thiophene rings is 1. The van der Waals surface area contributed by atoms with Crippen LogP contribution in [0, 0.1) is 6.92 Å². The van der Waals surface area contributed by atoms with Crippen molar-refractivity contribution in [3.8, 4) is 5.88 Å². The van der Waals surface area contributed by atoms with Gasteiger partial charge in [-0.3, -0.25) is 4.79 Å². The topological polar surface area (TPSA) is 67.3 Å². The molecule has 0 aliphatic heterocycles. The van der Waals surface area contributed by atoms with Crippen LogP contribution in [0.25, 0.3) is 10.2 Å². The minimum Gasteiger partial charge on any atom is -0.477 e. The highest BCUT2D eigenvalue weighted by atomic mass is 32.1. The van der Waals surface area contributed by atoms with Crippen molar-refractivity contribution in [2.75, 3.05) is 33.8 Å². The first-order valence-corrected chi connectivity index (χ1v) is 7.66. The van der Waals surface area contributed by atoms with E-state index in [0.717, 1.165) is 22.3 Å². The zero-order valence-corrected chi connectivity index (χ0v) is 13.6. The van der Waals surface area contributed by atoms with Gasteiger partial charge in [0, 0.05) is 13.1 Å². The molecule has 0 atom stereocenters. The molecule has 2 aromatic rings. The fourth-order valence-electron chi connectivity index (χ4n) is 1.98. The standard InChI is InChI=1S/C14H20N4O2S/c1-5-20-13-10-9(2)11(21-14(10)17-8-16-13)12(19)15-6-7-18(3)4/h8H,5-7H2,1-4H3,(H,15,19). The van der Waals surface area contributed by atoms with Crippen LogP contribution in [0.5, 0.6) is 5.88 Å². The number of nitrogens with zero attached hydrogens (tertiary/aromatic N) is 3. The van der Waals surface area contributed by atoms with Gasteiger partial charge in [-0.2, -0.15) is 0 Å². The average Bonchev–Trinajstić information content (AvgIpc) is 2.77. The summed E-state index contributed by atoms with van der Waals surface area (Å²) in [7, 11) is 3.95. The van der Waals surface area contributed by atoms with Crippen molar-refractivity contribution in [3.63, 3.8) is 0 Å². The molecule has 0 saturated carbocycles. The summed E-state index contributed by atoms with van der Waals surface area (Å²) in [5.74, 6) is 0.475. The first-order chi connectivity index (χ1) is 10.0. The number of nitrogens with one attached hydrogen (secondary N) is 1. The lowest BCUT2D eigenvalue weighted by molar-refractivity contribution is 0.0954. The van der Waals surface area contributed by atoms with Crippen molar-refractivity contribution < 1.29 is 9.53 Å². The highest BCUT2D eigenvalue weighted by molar-refractivity contribution is 7.20. The van der Waals surface area contributed by atoms with Gasteiger partial charge in [0.15, 0.2) is 0 Å². The van der Waals surface area contributed by atoms with Crippen molar-refractivity contribution in [2.45, 2.75) is 13.8 Å². The van der Waals surface area contributed by atoms with Crippen LogP contribution in [-0.4, -0.2) is 54.6 Å². The maximum Gasteiger partial charge on any atom is 0.261 e. The zero-order valence-electron chi connectivity index (χ0n) is 12.8. The molecule has 0 radical (unpaired) electrons. The van der Waals surface area contributed by atoms with Crippen LogP contribution in [0.2, 0.25) is 0 Å². The number of likely N-dealkylation sites (N-methyl/N-ethyl adjacent to an activating group) is 1. The monoisotopic (exact) mass is 308 g/mol. The molecule has 0 aromatic carbocycles. The van der Waals surface area contributed by atoms with Gasteiger partial charge in [0.25, 0.3) is 5.91 Å². The van der Waals surface area contributed by atoms with E-state index in [9.17, 15) is 4.79 Å². The first kappa shape index (κ1) is 15.7. The largest absolute Gasteiger partial charge is 0.477 e. The Hall–Kier alpha value is -1.73. The van der Waals surface area contributed by atoms with Crippen molar-refractivity contribution >= 4 is 27.5 Å². The van der Waals surface area contributed by atoms with Crippen LogP contribution in [0.4, 0.5) is 0 Å². The van der Waals surface area contributed by atoms with Gasteiger partial charge >= 0.3 is 0 Å². The van der Waals surface area contributed by atoms with Gasteiger partial charge in [-0.15, -0.1) is 11.3 Å². The Morgan fingerprint density at radius 3 is 2.86 bits per heavy atom. The third-order valence-corrected chi connectivity index (χ3v) is 4.22. The van der Waals surface area contributed by atoms with Gasteiger partial charge in [0.2, 0.25) is 5.88 Å². The molecule has 6 nitrogen and oxygen atoms in total. The summed E-state index contributed by atoms with van der Waals surface area (Å²) in [6, 6.07) is 0. The van der Waals surface area contributed by atoms with Crippen LogP contribution < -0.4 is 10.1 Å². The lowest BCUT2D eigenvalue weighted by atomic mass is 10.2. The minimum atomic E-state index is -0.0696. The van der Waals surface area contributed by atoms with E-state index in [2.05, 4.69) is 15.3 Å². The molecule has 0 fully saturated rings. The Kier molecular flexibility index (Phi) is 5.08. The number of fused-ring (bicyclic) bond motifs is 1. The molecular formula is C14H20N4O2S. The fourth-order valence-corrected chi connectivity index (χ4v) is 3.03. The van der Waals surface area contributed by atoms with E-state index < -0.39 is 0 Å². The third kappa shape index (κ3) is 3.48. The first-order valence-electron chi connectivity index (χ1n) is 6.84. The van der Waals surface area contributed by atoms with Gasteiger partial charge in [0.05, 0.1) is 16.9 Å². The van der Waals surface area contributed by atoms with Gasteiger partial charge in [-0.1, -0.05) is 0 Å². The maximum atomic E-state index is 12.3. The zero-order chi connectivity index (χ0) is 15.4. The predicted octanol–water partition coefficient (Wildman–Crippen LogP) is 1.69. The predicted molar refractivity (Wildman–Crippen MR) is 84.2 cm³/mol. The minimum absolute atomic E-state index is 0.0696.